The van der Waals surface area contributed by atoms with Crippen LogP contribution in [0.15, 0.2) is 27.7 Å². The molecule has 1 aliphatic rings. The predicted molar refractivity (Wildman–Crippen MR) is 45.9 cm³/mol. The zero-order valence-electron chi connectivity index (χ0n) is 6.30. The zero-order valence-corrected chi connectivity index (χ0v) is 7.82. The molecule has 0 saturated heterocycles. The second-order valence-corrected chi connectivity index (χ2v) is 2.77. The van der Waals surface area contributed by atoms with Crippen molar-refractivity contribution in [3.63, 3.8) is 0 Å². The number of halogens is 2. The fraction of sp³-hybridized carbons (Fsp3) is 0.286. The minimum absolute atomic E-state index is 0.125. The molecule has 5 heteroatoms. The molecule has 0 unspecified atom stereocenters. The number of hydrogen-bond donors (Lipinski definition) is 0. The fourth-order valence-corrected chi connectivity index (χ4v) is 0.972. The first-order chi connectivity index (χ1) is 5.65. The SMILES string of the molecule is CCOC([O-])=C1C=C(Cl)C(Cl)=N1. The van der Waals surface area contributed by atoms with Crippen LogP contribution in [0.2, 0.25) is 0 Å². The Morgan fingerprint density at radius 1 is 1.67 bits per heavy atom. The van der Waals surface area contributed by atoms with Crippen LogP contribution in [0.4, 0.5) is 0 Å². The Morgan fingerprint density at radius 3 is 2.75 bits per heavy atom. The van der Waals surface area contributed by atoms with Gasteiger partial charge in [0, 0.05) is 0 Å². The monoisotopic (exact) mass is 206 g/mol. The van der Waals surface area contributed by atoms with Crippen LogP contribution in [0.3, 0.4) is 0 Å². The molecule has 0 fully saturated rings. The van der Waals surface area contributed by atoms with E-state index in [1.165, 1.54) is 6.08 Å². The van der Waals surface area contributed by atoms with E-state index in [1.54, 1.807) is 6.92 Å². The third kappa shape index (κ3) is 1.93. The average molecular weight is 207 g/mol. The van der Waals surface area contributed by atoms with Crippen molar-refractivity contribution in [3.05, 3.63) is 22.8 Å². The molecule has 0 spiro atoms. The highest BCUT2D eigenvalue weighted by Crippen LogP contribution is 2.22. The largest absolute Gasteiger partial charge is 0.612 e. The van der Waals surface area contributed by atoms with Crippen molar-refractivity contribution in [1.29, 1.82) is 0 Å². The number of ether oxygens (including phenoxy) is 1. The molecule has 0 aromatic carbocycles. The topological polar surface area (TPSA) is 44.6 Å². The van der Waals surface area contributed by atoms with Crippen LogP contribution >= 0.6 is 23.2 Å². The Balaban J connectivity index is 2.87. The van der Waals surface area contributed by atoms with E-state index < -0.39 is 5.95 Å². The van der Waals surface area contributed by atoms with Crippen molar-refractivity contribution >= 4 is 28.4 Å². The van der Waals surface area contributed by atoms with Crippen LogP contribution in [0, 0.1) is 0 Å². The fourth-order valence-electron chi connectivity index (χ4n) is 0.681. The van der Waals surface area contributed by atoms with Gasteiger partial charge in [0.2, 0.25) is 0 Å². The Morgan fingerprint density at radius 2 is 2.33 bits per heavy atom. The summed E-state index contributed by atoms with van der Waals surface area (Å²) < 4.78 is 4.68. The lowest BCUT2D eigenvalue weighted by atomic mass is 10.4. The summed E-state index contributed by atoms with van der Waals surface area (Å²) in [6.45, 7) is 2.02. The van der Waals surface area contributed by atoms with Gasteiger partial charge in [-0.05, 0) is 12.7 Å². The Labute approximate surface area is 80.0 Å². The van der Waals surface area contributed by atoms with E-state index in [2.05, 4.69) is 9.73 Å². The second kappa shape index (κ2) is 3.83. The lowest BCUT2D eigenvalue weighted by molar-refractivity contribution is -0.358. The van der Waals surface area contributed by atoms with E-state index in [-0.39, 0.29) is 15.9 Å². The van der Waals surface area contributed by atoms with Crippen molar-refractivity contribution in [2.45, 2.75) is 6.92 Å². The third-order valence-electron chi connectivity index (χ3n) is 1.16. The molecule has 3 nitrogen and oxygen atoms in total. The van der Waals surface area contributed by atoms with Crippen molar-refractivity contribution in [2.75, 3.05) is 6.61 Å². The van der Waals surface area contributed by atoms with Gasteiger partial charge in [-0.1, -0.05) is 30.1 Å². The van der Waals surface area contributed by atoms with Crippen molar-refractivity contribution < 1.29 is 9.84 Å². The summed E-state index contributed by atoms with van der Waals surface area (Å²) in [7, 11) is 0. The van der Waals surface area contributed by atoms with Crippen molar-refractivity contribution in [1.82, 2.24) is 0 Å². The smallest absolute Gasteiger partial charge is 0.148 e. The maximum absolute atomic E-state index is 11.0. The van der Waals surface area contributed by atoms with Crippen LogP contribution in [-0.4, -0.2) is 11.8 Å². The molecule has 0 N–H and O–H groups in total. The number of rotatable bonds is 2. The number of hydrogen-bond acceptors (Lipinski definition) is 3. The summed E-state index contributed by atoms with van der Waals surface area (Å²) in [6, 6.07) is 0. The molecular formula is C7H6Cl2NO2-. The summed E-state index contributed by atoms with van der Waals surface area (Å²) in [5.41, 5.74) is 0.145. The molecule has 0 bridgehead atoms. The Hall–Kier alpha value is -0.670. The summed E-state index contributed by atoms with van der Waals surface area (Å²) in [4.78, 5) is 3.69. The number of allylic oxidation sites excluding steroid dienone is 2. The van der Waals surface area contributed by atoms with E-state index in [0.717, 1.165) is 0 Å². The lowest BCUT2D eigenvalue weighted by Gasteiger charge is -2.12. The zero-order chi connectivity index (χ0) is 9.14. The molecule has 0 aliphatic carbocycles. The highest BCUT2D eigenvalue weighted by molar-refractivity contribution is 6.76. The van der Waals surface area contributed by atoms with Gasteiger partial charge in [-0.25, -0.2) is 4.99 Å². The van der Waals surface area contributed by atoms with Gasteiger partial charge in [0.1, 0.15) is 5.17 Å². The third-order valence-corrected chi connectivity index (χ3v) is 1.84. The van der Waals surface area contributed by atoms with E-state index in [1.807, 2.05) is 0 Å². The maximum atomic E-state index is 11.0. The van der Waals surface area contributed by atoms with Crippen LogP contribution in [0.25, 0.3) is 0 Å². The van der Waals surface area contributed by atoms with Crippen LogP contribution < -0.4 is 5.11 Å². The second-order valence-electron chi connectivity index (χ2n) is 2.00. The molecule has 0 aromatic rings. The molecule has 0 saturated carbocycles. The predicted octanol–water partition coefficient (Wildman–Crippen LogP) is 1.33. The summed E-state index contributed by atoms with van der Waals surface area (Å²) in [5.74, 6) is -0.508. The maximum Gasteiger partial charge on any atom is 0.148 e. The summed E-state index contributed by atoms with van der Waals surface area (Å²) in [5, 5.41) is 11.4. The van der Waals surface area contributed by atoms with E-state index >= 15 is 0 Å². The van der Waals surface area contributed by atoms with E-state index in [0.29, 0.717) is 6.61 Å². The average Bonchev–Trinajstić information content (AvgIpc) is 2.33. The van der Waals surface area contributed by atoms with Gasteiger partial charge in [-0.15, -0.1) is 0 Å². The van der Waals surface area contributed by atoms with Gasteiger partial charge in [-0.2, -0.15) is 0 Å². The molecule has 0 radical (unpaired) electrons. The molecular weight excluding hydrogens is 201 g/mol. The first-order valence-electron chi connectivity index (χ1n) is 3.31. The molecule has 0 atom stereocenters. The van der Waals surface area contributed by atoms with Gasteiger partial charge < -0.3 is 9.84 Å². The molecule has 12 heavy (non-hydrogen) atoms. The molecule has 1 heterocycles. The van der Waals surface area contributed by atoms with Crippen LogP contribution in [-0.2, 0) is 4.74 Å². The van der Waals surface area contributed by atoms with Gasteiger partial charge in [0.25, 0.3) is 0 Å². The minimum Gasteiger partial charge on any atom is -0.612 e. The van der Waals surface area contributed by atoms with Crippen LogP contribution in [0.5, 0.6) is 0 Å². The first kappa shape index (κ1) is 9.42. The van der Waals surface area contributed by atoms with Crippen molar-refractivity contribution in [2.24, 2.45) is 4.99 Å². The minimum atomic E-state index is -0.508. The quantitative estimate of drug-likeness (QED) is 0.641. The normalized spacial score (nSPS) is 20.2. The van der Waals surface area contributed by atoms with Gasteiger partial charge >= 0.3 is 0 Å². The van der Waals surface area contributed by atoms with Gasteiger partial charge in [0.15, 0.2) is 0 Å². The standard InChI is InChI=1S/C7H7Cl2NO2/c1-2-12-7(11)5-3-4(8)6(9)10-5/h3,11H,2H2,1H3/p-1. The number of nitrogens with zero attached hydrogens (tertiary/aromatic N) is 1. The lowest BCUT2D eigenvalue weighted by Crippen LogP contribution is -2.09. The highest BCUT2D eigenvalue weighted by atomic mass is 35.5. The first-order valence-corrected chi connectivity index (χ1v) is 4.06. The van der Waals surface area contributed by atoms with Crippen molar-refractivity contribution in [3.8, 4) is 0 Å². The molecule has 66 valence electrons. The van der Waals surface area contributed by atoms with Gasteiger partial charge in [0.05, 0.1) is 16.7 Å². The summed E-state index contributed by atoms with van der Waals surface area (Å²) in [6.07, 6.45) is 1.38. The van der Waals surface area contributed by atoms with Gasteiger partial charge in [-0.3, -0.25) is 0 Å². The van der Waals surface area contributed by atoms with E-state index in [9.17, 15) is 5.11 Å². The molecule has 1 rings (SSSR count). The Kier molecular flexibility index (Phi) is 3.00. The molecule has 0 amide bonds. The molecule has 1 aliphatic heterocycles. The van der Waals surface area contributed by atoms with Crippen LogP contribution in [0.1, 0.15) is 6.92 Å². The highest BCUT2D eigenvalue weighted by Gasteiger charge is 2.11. The molecule has 0 aromatic heterocycles. The van der Waals surface area contributed by atoms with E-state index in [4.69, 9.17) is 23.2 Å². The Bertz CT molecular complexity index is 261. The number of aliphatic imine (C=N–C) groups is 1. The summed E-state index contributed by atoms with van der Waals surface area (Å²) >= 11 is 11.1.